The summed E-state index contributed by atoms with van der Waals surface area (Å²) in [6.45, 7) is 1.83. The van der Waals surface area contributed by atoms with Crippen LogP contribution in [0.2, 0.25) is 0 Å². The highest BCUT2D eigenvalue weighted by Gasteiger charge is 2.31. The van der Waals surface area contributed by atoms with Gasteiger partial charge in [0.05, 0.1) is 18.4 Å². The van der Waals surface area contributed by atoms with Crippen LogP contribution in [-0.4, -0.2) is 28.8 Å². The number of aliphatic imine (C=N–C) groups is 1. The zero-order valence-corrected chi connectivity index (χ0v) is 9.31. The molecule has 7 nitrogen and oxygen atoms in total. The summed E-state index contributed by atoms with van der Waals surface area (Å²) >= 11 is 0. The number of ether oxygens (including phenoxy) is 1. The van der Waals surface area contributed by atoms with Crippen molar-refractivity contribution in [2.45, 2.75) is 13.0 Å². The van der Waals surface area contributed by atoms with Crippen molar-refractivity contribution in [3.63, 3.8) is 0 Å². The topological polar surface area (TPSA) is 94.5 Å². The Labute approximate surface area is 92.3 Å². The van der Waals surface area contributed by atoms with Crippen LogP contribution in [0.15, 0.2) is 4.99 Å². The SMILES string of the molecule is COc1c(C2NC(=O)N=C2N)c(C)nn1C. The fourth-order valence-corrected chi connectivity index (χ4v) is 1.86. The number of hydrogen-bond acceptors (Lipinski definition) is 4. The second-order valence-corrected chi connectivity index (χ2v) is 3.55. The van der Waals surface area contributed by atoms with E-state index in [4.69, 9.17) is 10.5 Å². The second-order valence-electron chi connectivity index (χ2n) is 3.55. The van der Waals surface area contributed by atoms with Gasteiger partial charge in [0, 0.05) is 7.05 Å². The number of nitrogens with two attached hydrogens (primary N) is 1. The third-order valence-corrected chi connectivity index (χ3v) is 2.49. The van der Waals surface area contributed by atoms with Crippen LogP contribution < -0.4 is 15.8 Å². The molecule has 1 aromatic heterocycles. The molecular weight excluding hydrogens is 210 g/mol. The number of rotatable bonds is 2. The van der Waals surface area contributed by atoms with Gasteiger partial charge < -0.3 is 15.8 Å². The van der Waals surface area contributed by atoms with Crippen LogP contribution in [0.5, 0.6) is 5.88 Å². The molecule has 1 atom stereocenters. The lowest BCUT2D eigenvalue weighted by atomic mass is 10.1. The van der Waals surface area contributed by atoms with E-state index in [1.807, 2.05) is 6.92 Å². The van der Waals surface area contributed by atoms with Crippen LogP contribution in [-0.2, 0) is 7.05 Å². The Hall–Kier alpha value is -2.05. The van der Waals surface area contributed by atoms with Gasteiger partial charge in [-0.2, -0.15) is 10.1 Å². The normalized spacial score (nSPS) is 19.6. The summed E-state index contributed by atoms with van der Waals surface area (Å²) in [5.74, 6) is 0.808. The minimum atomic E-state index is -0.448. The van der Waals surface area contributed by atoms with Crippen LogP contribution >= 0.6 is 0 Å². The second kappa shape index (κ2) is 3.51. The number of amidine groups is 1. The maximum absolute atomic E-state index is 11.1. The number of nitrogens with zero attached hydrogens (tertiary/aromatic N) is 3. The number of aryl methyl sites for hydroxylation is 2. The third-order valence-electron chi connectivity index (χ3n) is 2.49. The molecule has 2 rings (SSSR count). The molecule has 0 aromatic carbocycles. The van der Waals surface area contributed by atoms with E-state index in [1.54, 1.807) is 18.8 Å². The molecule has 0 aliphatic carbocycles. The van der Waals surface area contributed by atoms with Crippen molar-refractivity contribution in [3.05, 3.63) is 11.3 Å². The average molecular weight is 223 g/mol. The number of carbonyl (C=O) groups is 1. The van der Waals surface area contributed by atoms with E-state index in [0.717, 1.165) is 11.3 Å². The smallest absolute Gasteiger partial charge is 0.343 e. The van der Waals surface area contributed by atoms with Crippen molar-refractivity contribution in [3.8, 4) is 5.88 Å². The Morgan fingerprint density at radius 2 is 2.25 bits per heavy atom. The summed E-state index contributed by atoms with van der Waals surface area (Å²) in [5, 5.41) is 6.86. The first-order chi connectivity index (χ1) is 7.54. The summed E-state index contributed by atoms with van der Waals surface area (Å²) in [7, 11) is 3.31. The molecule has 1 aliphatic heterocycles. The molecule has 1 aromatic rings. The van der Waals surface area contributed by atoms with Crippen molar-refractivity contribution in [1.82, 2.24) is 15.1 Å². The van der Waals surface area contributed by atoms with E-state index < -0.39 is 12.1 Å². The van der Waals surface area contributed by atoms with Gasteiger partial charge in [-0.3, -0.25) is 0 Å². The molecule has 0 saturated carbocycles. The number of carbonyl (C=O) groups excluding carboxylic acids is 1. The number of methoxy groups -OCH3 is 1. The van der Waals surface area contributed by atoms with Gasteiger partial charge in [0.1, 0.15) is 11.9 Å². The van der Waals surface area contributed by atoms with Gasteiger partial charge in [-0.25, -0.2) is 9.48 Å². The van der Waals surface area contributed by atoms with Crippen molar-refractivity contribution in [2.75, 3.05) is 7.11 Å². The summed E-state index contributed by atoms with van der Waals surface area (Å²) in [6.07, 6.45) is 0. The zero-order chi connectivity index (χ0) is 11.9. The molecule has 2 heterocycles. The largest absolute Gasteiger partial charge is 0.481 e. The number of amides is 2. The maximum atomic E-state index is 11.1. The summed E-state index contributed by atoms with van der Waals surface area (Å²) in [5.41, 5.74) is 7.18. The third kappa shape index (κ3) is 1.40. The van der Waals surface area contributed by atoms with E-state index in [2.05, 4.69) is 15.4 Å². The van der Waals surface area contributed by atoms with Gasteiger partial charge in [-0.05, 0) is 6.92 Å². The predicted molar refractivity (Wildman–Crippen MR) is 57.4 cm³/mol. The Bertz CT molecular complexity index is 476. The molecular formula is C9H13N5O2. The number of hydrogen-bond donors (Lipinski definition) is 2. The zero-order valence-electron chi connectivity index (χ0n) is 9.31. The lowest BCUT2D eigenvalue weighted by molar-refractivity contribution is 0.250. The molecule has 0 fully saturated rings. The molecule has 0 spiro atoms. The fourth-order valence-electron chi connectivity index (χ4n) is 1.86. The molecule has 86 valence electrons. The molecule has 0 saturated heterocycles. The lowest BCUT2D eigenvalue weighted by Gasteiger charge is -2.11. The highest BCUT2D eigenvalue weighted by molar-refractivity contribution is 6.03. The lowest BCUT2D eigenvalue weighted by Crippen LogP contribution is -2.28. The Balaban J connectivity index is 2.49. The Morgan fingerprint density at radius 1 is 1.56 bits per heavy atom. The monoisotopic (exact) mass is 223 g/mol. The van der Waals surface area contributed by atoms with E-state index in [1.165, 1.54) is 0 Å². The molecule has 7 heteroatoms. The van der Waals surface area contributed by atoms with Crippen molar-refractivity contribution >= 4 is 11.9 Å². The Kier molecular flexibility index (Phi) is 2.30. The van der Waals surface area contributed by atoms with Crippen molar-refractivity contribution in [1.29, 1.82) is 0 Å². The van der Waals surface area contributed by atoms with Gasteiger partial charge in [0.2, 0.25) is 5.88 Å². The highest BCUT2D eigenvalue weighted by atomic mass is 16.5. The van der Waals surface area contributed by atoms with Gasteiger partial charge in [0.15, 0.2) is 0 Å². The summed E-state index contributed by atoms with van der Waals surface area (Å²) < 4.78 is 6.83. The molecule has 3 N–H and O–H groups in total. The van der Waals surface area contributed by atoms with E-state index in [9.17, 15) is 4.79 Å². The fraction of sp³-hybridized carbons (Fsp3) is 0.444. The predicted octanol–water partition coefficient (Wildman–Crippen LogP) is -0.141. The molecule has 1 aliphatic rings. The summed E-state index contributed by atoms with van der Waals surface area (Å²) in [6, 6.07) is -0.885. The summed E-state index contributed by atoms with van der Waals surface area (Å²) in [4.78, 5) is 14.7. The molecule has 0 radical (unpaired) electrons. The maximum Gasteiger partial charge on any atom is 0.343 e. The van der Waals surface area contributed by atoms with Gasteiger partial charge >= 0.3 is 6.03 Å². The Morgan fingerprint density at radius 3 is 2.75 bits per heavy atom. The number of nitrogens with one attached hydrogen (secondary N) is 1. The van der Waals surface area contributed by atoms with Crippen LogP contribution in [0, 0.1) is 6.92 Å². The molecule has 2 amide bonds. The van der Waals surface area contributed by atoms with Crippen LogP contribution in [0.3, 0.4) is 0 Å². The van der Waals surface area contributed by atoms with E-state index in [-0.39, 0.29) is 5.84 Å². The quantitative estimate of drug-likeness (QED) is 0.729. The molecule has 1 unspecified atom stereocenters. The van der Waals surface area contributed by atoms with Gasteiger partial charge in [0.25, 0.3) is 0 Å². The number of urea groups is 1. The van der Waals surface area contributed by atoms with Crippen molar-refractivity contribution < 1.29 is 9.53 Å². The highest BCUT2D eigenvalue weighted by Crippen LogP contribution is 2.29. The standard InChI is InChI=1S/C9H13N5O2/c1-4-5(8(16-3)14(2)13-4)6-7(10)12-9(15)11-6/h6H,1-3H3,(H3,10,11,12,15). The molecule has 16 heavy (non-hydrogen) atoms. The first kappa shape index (κ1) is 10.5. The number of aromatic nitrogens is 2. The van der Waals surface area contributed by atoms with Gasteiger partial charge in [-0.1, -0.05) is 0 Å². The first-order valence-corrected chi connectivity index (χ1v) is 4.76. The minimum absolute atomic E-state index is 0.236. The molecule has 0 bridgehead atoms. The minimum Gasteiger partial charge on any atom is -0.481 e. The average Bonchev–Trinajstić information content (AvgIpc) is 2.66. The van der Waals surface area contributed by atoms with Crippen LogP contribution in [0.25, 0.3) is 0 Å². The van der Waals surface area contributed by atoms with Crippen LogP contribution in [0.1, 0.15) is 17.3 Å². The van der Waals surface area contributed by atoms with E-state index in [0.29, 0.717) is 5.88 Å². The van der Waals surface area contributed by atoms with E-state index >= 15 is 0 Å². The van der Waals surface area contributed by atoms with Crippen molar-refractivity contribution in [2.24, 2.45) is 17.8 Å². The first-order valence-electron chi connectivity index (χ1n) is 4.76. The van der Waals surface area contributed by atoms with Crippen LogP contribution in [0.4, 0.5) is 4.79 Å². The van der Waals surface area contributed by atoms with Gasteiger partial charge in [-0.15, -0.1) is 0 Å².